The van der Waals surface area contributed by atoms with Crippen molar-refractivity contribution in [2.45, 2.75) is 45.8 Å². The molecule has 0 fully saturated rings. The number of hydrogen-bond donors (Lipinski definition) is 1. The molecule has 2 rings (SSSR count). The quantitative estimate of drug-likeness (QED) is 0.460. The summed E-state index contributed by atoms with van der Waals surface area (Å²) >= 11 is 12.7. The maximum absolute atomic E-state index is 13.7. The first-order valence-corrected chi connectivity index (χ1v) is 13.6. The van der Waals surface area contributed by atoms with Crippen molar-refractivity contribution in [3.05, 3.63) is 58.1 Å². The molecule has 8 nitrogen and oxygen atoms in total. The van der Waals surface area contributed by atoms with Gasteiger partial charge in [-0.3, -0.25) is 13.9 Å². The summed E-state index contributed by atoms with van der Waals surface area (Å²) in [4.78, 5) is 28.0. The molecule has 0 saturated heterocycles. The Balaban J connectivity index is 2.51. The minimum atomic E-state index is -3.85. The van der Waals surface area contributed by atoms with E-state index in [9.17, 15) is 18.0 Å². The molecule has 0 heterocycles. The topological polar surface area (TPSA) is 96.0 Å². The lowest BCUT2D eigenvalue weighted by atomic mass is 10.1. The van der Waals surface area contributed by atoms with Gasteiger partial charge in [-0.25, -0.2) is 8.42 Å². The van der Waals surface area contributed by atoms with Crippen LogP contribution in [0.1, 0.15) is 32.8 Å². The average Bonchev–Trinajstić information content (AvgIpc) is 2.77. The number of anilines is 1. The monoisotopic (exact) mass is 543 g/mol. The molecule has 0 bridgehead atoms. The van der Waals surface area contributed by atoms with Crippen molar-refractivity contribution < 1.29 is 22.7 Å². The number of sulfonamides is 1. The summed E-state index contributed by atoms with van der Waals surface area (Å²) in [5, 5.41) is 3.50. The number of carbonyl (C=O) groups is 2. The predicted molar refractivity (Wildman–Crippen MR) is 140 cm³/mol. The average molecular weight is 545 g/mol. The summed E-state index contributed by atoms with van der Waals surface area (Å²) < 4.78 is 31.5. The molecule has 0 spiro atoms. The summed E-state index contributed by atoms with van der Waals surface area (Å²) in [7, 11) is -2.39. The minimum absolute atomic E-state index is 0.0723. The third kappa shape index (κ3) is 7.75. The zero-order valence-electron chi connectivity index (χ0n) is 20.4. The Kier molecular flexibility index (Phi) is 10.2. The van der Waals surface area contributed by atoms with Gasteiger partial charge in [-0.2, -0.15) is 0 Å². The summed E-state index contributed by atoms with van der Waals surface area (Å²) in [6.07, 6.45) is 1.31. The number of hydrogen-bond acceptors (Lipinski definition) is 5. The lowest BCUT2D eigenvalue weighted by Crippen LogP contribution is -2.53. The van der Waals surface area contributed by atoms with Crippen molar-refractivity contribution in [3.63, 3.8) is 0 Å². The molecule has 0 aliphatic heterocycles. The van der Waals surface area contributed by atoms with E-state index in [2.05, 4.69) is 5.32 Å². The molecular weight excluding hydrogens is 513 g/mol. The third-order valence-electron chi connectivity index (χ3n) is 5.23. The van der Waals surface area contributed by atoms with Gasteiger partial charge in [0.2, 0.25) is 21.8 Å². The maximum atomic E-state index is 13.7. The largest absolute Gasteiger partial charge is 0.497 e. The standard InChI is InChI=1S/C24H31Cl2N3O5S/c1-6-22(24(31)27-16(2)3)28(14-19-20(25)11-8-12-21(19)26)23(30)15-29(35(5,32)33)17-9-7-10-18(13-17)34-4/h7-13,16,22H,6,14-15H2,1-5H3,(H,27,31). The first-order valence-electron chi connectivity index (χ1n) is 11.0. The smallest absolute Gasteiger partial charge is 0.244 e. The summed E-state index contributed by atoms with van der Waals surface area (Å²) in [5.41, 5.74) is 0.725. The molecule has 0 aliphatic rings. The highest BCUT2D eigenvalue weighted by molar-refractivity contribution is 7.92. The molecular formula is C24H31Cl2N3O5S. The number of ether oxygens (including phenoxy) is 1. The van der Waals surface area contributed by atoms with Crippen LogP contribution < -0.4 is 14.4 Å². The van der Waals surface area contributed by atoms with Crippen molar-refractivity contribution in [2.24, 2.45) is 0 Å². The normalized spacial score (nSPS) is 12.2. The molecule has 0 aromatic heterocycles. The van der Waals surface area contributed by atoms with E-state index in [0.29, 0.717) is 27.8 Å². The SMILES string of the molecule is CCC(C(=O)NC(C)C)N(Cc1c(Cl)cccc1Cl)C(=O)CN(c1cccc(OC)c1)S(C)(=O)=O. The predicted octanol–water partition coefficient (Wildman–Crippen LogP) is 4.10. The minimum Gasteiger partial charge on any atom is -0.497 e. The van der Waals surface area contributed by atoms with Crippen LogP contribution in [0.15, 0.2) is 42.5 Å². The number of amides is 2. The Labute approximate surface area is 217 Å². The molecule has 0 saturated carbocycles. The number of benzene rings is 2. The van der Waals surface area contributed by atoms with E-state index in [4.69, 9.17) is 27.9 Å². The molecule has 0 radical (unpaired) electrons. The fourth-order valence-corrected chi connectivity index (χ4v) is 4.89. The molecule has 1 N–H and O–H groups in total. The van der Waals surface area contributed by atoms with Crippen LogP contribution in [0.3, 0.4) is 0 Å². The van der Waals surface area contributed by atoms with Crippen LogP contribution in [0.4, 0.5) is 5.69 Å². The number of halogens is 2. The van der Waals surface area contributed by atoms with Crippen LogP contribution in [-0.2, 0) is 26.2 Å². The number of carbonyl (C=O) groups excluding carboxylic acids is 2. The molecule has 2 aromatic rings. The van der Waals surface area contributed by atoms with Gasteiger partial charge in [0.15, 0.2) is 0 Å². The summed E-state index contributed by atoms with van der Waals surface area (Å²) in [5.74, 6) is -0.502. The number of nitrogens with zero attached hydrogens (tertiary/aromatic N) is 2. The number of rotatable bonds is 11. The first-order chi connectivity index (χ1) is 16.4. The molecule has 35 heavy (non-hydrogen) atoms. The van der Waals surface area contributed by atoms with Crippen molar-refractivity contribution >= 4 is 50.7 Å². The molecule has 1 atom stereocenters. The Morgan fingerprint density at radius 2 is 1.69 bits per heavy atom. The van der Waals surface area contributed by atoms with Gasteiger partial charge in [0.1, 0.15) is 18.3 Å². The van der Waals surface area contributed by atoms with E-state index in [1.165, 1.54) is 18.1 Å². The van der Waals surface area contributed by atoms with Crippen molar-refractivity contribution in [1.82, 2.24) is 10.2 Å². The van der Waals surface area contributed by atoms with E-state index in [-0.39, 0.29) is 24.2 Å². The lowest BCUT2D eigenvalue weighted by Gasteiger charge is -2.33. The van der Waals surface area contributed by atoms with E-state index in [1.807, 2.05) is 13.8 Å². The van der Waals surface area contributed by atoms with Gasteiger partial charge in [-0.05, 0) is 44.5 Å². The van der Waals surface area contributed by atoms with Crippen molar-refractivity contribution in [3.8, 4) is 5.75 Å². The van der Waals surface area contributed by atoms with Crippen LogP contribution in [-0.4, -0.2) is 57.1 Å². The lowest BCUT2D eigenvalue weighted by molar-refractivity contribution is -0.140. The number of methoxy groups -OCH3 is 1. The van der Waals surface area contributed by atoms with Gasteiger partial charge in [0.25, 0.3) is 0 Å². The zero-order chi connectivity index (χ0) is 26.3. The van der Waals surface area contributed by atoms with Gasteiger partial charge in [-0.15, -0.1) is 0 Å². The van der Waals surface area contributed by atoms with E-state index in [0.717, 1.165) is 10.6 Å². The highest BCUT2D eigenvalue weighted by Gasteiger charge is 2.32. The second kappa shape index (κ2) is 12.5. The molecule has 11 heteroatoms. The van der Waals surface area contributed by atoms with Crippen LogP contribution in [0.5, 0.6) is 5.75 Å². The Morgan fingerprint density at radius 3 is 2.20 bits per heavy atom. The Bertz CT molecular complexity index is 1140. The van der Waals surface area contributed by atoms with Crippen molar-refractivity contribution in [1.29, 1.82) is 0 Å². The Morgan fingerprint density at radius 1 is 1.09 bits per heavy atom. The molecule has 1 unspecified atom stereocenters. The van der Waals surface area contributed by atoms with Crippen LogP contribution in [0.25, 0.3) is 0 Å². The molecule has 0 aliphatic carbocycles. The number of nitrogens with one attached hydrogen (secondary N) is 1. The van der Waals surface area contributed by atoms with Crippen molar-refractivity contribution in [2.75, 3.05) is 24.2 Å². The van der Waals surface area contributed by atoms with Gasteiger partial charge < -0.3 is 15.0 Å². The van der Waals surface area contributed by atoms with Crippen LogP contribution >= 0.6 is 23.2 Å². The first kappa shape index (κ1) is 28.7. The second-order valence-electron chi connectivity index (χ2n) is 8.28. The Hall–Kier alpha value is -2.49. The van der Waals surface area contributed by atoms with E-state index >= 15 is 0 Å². The highest BCUT2D eigenvalue weighted by atomic mass is 35.5. The second-order valence-corrected chi connectivity index (χ2v) is 11.0. The van der Waals surface area contributed by atoms with Crippen LogP contribution in [0.2, 0.25) is 10.0 Å². The maximum Gasteiger partial charge on any atom is 0.244 e. The summed E-state index contributed by atoms with van der Waals surface area (Å²) in [6, 6.07) is 10.3. The fourth-order valence-electron chi connectivity index (χ4n) is 3.53. The summed E-state index contributed by atoms with van der Waals surface area (Å²) in [6.45, 7) is 4.80. The zero-order valence-corrected chi connectivity index (χ0v) is 22.7. The van der Waals surface area contributed by atoms with Gasteiger partial charge in [0, 0.05) is 34.3 Å². The molecule has 2 aromatic carbocycles. The fraction of sp³-hybridized carbons (Fsp3) is 0.417. The molecule has 2 amide bonds. The van der Waals surface area contributed by atoms with E-state index < -0.39 is 28.5 Å². The van der Waals surface area contributed by atoms with E-state index in [1.54, 1.807) is 43.3 Å². The highest BCUT2D eigenvalue weighted by Crippen LogP contribution is 2.28. The van der Waals surface area contributed by atoms with Crippen LogP contribution in [0, 0.1) is 0 Å². The van der Waals surface area contributed by atoms with Gasteiger partial charge >= 0.3 is 0 Å². The van der Waals surface area contributed by atoms with Gasteiger partial charge in [0.05, 0.1) is 19.1 Å². The van der Waals surface area contributed by atoms with Gasteiger partial charge in [-0.1, -0.05) is 42.3 Å². The molecule has 192 valence electrons. The third-order valence-corrected chi connectivity index (χ3v) is 7.08.